The molecular weight excluding hydrogens is 207 g/mol. The number of nitrogens with zero attached hydrogens (tertiary/aromatic N) is 1. The summed E-state index contributed by atoms with van der Waals surface area (Å²) in [6.45, 7) is 1.83. The highest BCUT2D eigenvalue weighted by Crippen LogP contribution is 2.09. The third-order valence-electron chi connectivity index (χ3n) is 2.07. The molecule has 1 N–H and O–H groups in total. The Labute approximate surface area is 92.6 Å². The molecule has 0 saturated carbocycles. The van der Waals surface area contributed by atoms with Crippen LogP contribution in [0.25, 0.3) is 0 Å². The summed E-state index contributed by atoms with van der Waals surface area (Å²) >= 11 is 0. The first-order valence-corrected chi connectivity index (χ1v) is 4.85. The summed E-state index contributed by atoms with van der Waals surface area (Å²) < 4.78 is 17.8. The highest BCUT2D eigenvalue weighted by Gasteiger charge is 1.99. The van der Waals surface area contributed by atoms with Gasteiger partial charge < -0.3 is 4.42 Å². The predicted octanol–water partition coefficient (Wildman–Crippen LogP) is 3.25. The maximum absolute atomic E-state index is 12.6. The van der Waals surface area contributed by atoms with Gasteiger partial charge in [0, 0.05) is 0 Å². The largest absolute Gasteiger partial charge is 0.463 e. The number of nitrogens with one attached hydrogen (secondary N) is 1. The Kier molecular flexibility index (Phi) is 3.00. The summed E-state index contributed by atoms with van der Waals surface area (Å²) in [5, 5.41) is 4.12. The molecule has 16 heavy (non-hydrogen) atoms. The van der Waals surface area contributed by atoms with Crippen molar-refractivity contribution in [2.45, 2.75) is 6.92 Å². The van der Waals surface area contributed by atoms with Gasteiger partial charge in [0.15, 0.2) is 0 Å². The van der Waals surface area contributed by atoms with Crippen LogP contribution in [0.3, 0.4) is 0 Å². The van der Waals surface area contributed by atoms with Crippen LogP contribution >= 0.6 is 0 Å². The van der Waals surface area contributed by atoms with Gasteiger partial charge in [-0.25, -0.2) is 4.39 Å². The zero-order chi connectivity index (χ0) is 11.4. The molecular formula is C12H11FN2O. The summed E-state index contributed by atoms with van der Waals surface area (Å²) in [5.74, 6) is 0.437. The normalized spacial score (nSPS) is 11.5. The van der Waals surface area contributed by atoms with E-state index in [4.69, 9.17) is 4.42 Å². The molecule has 1 aromatic carbocycles. The number of hydrogen-bond donors (Lipinski definition) is 1. The van der Waals surface area contributed by atoms with Crippen LogP contribution in [0, 0.1) is 5.82 Å². The molecule has 0 aliphatic rings. The average molecular weight is 218 g/mol. The topological polar surface area (TPSA) is 37.5 Å². The van der Waals surface area contributed by atoms with Gasteiger partial charge in [0.1, 0.15) is 17.3 Å². The Hall–Kier alpha value is -2.10. The molecule has 2 rings (SSSR count). The van der Waals surface area contributed by atoms with Crippen LogP contribution in [-0.2, 0) is 0 Å². The number of hydrogen-bond acceptors (Lipinski definition) is 3. The molecule has 1 heterocycles. The quantitative estimate of drug-likeness (QED) is 0.634. The van der Waals surface area contributed by atoms with Gasteiger partial charge in [-0.2, -0.15) is 5.10 Å². The van der Waals surface area contributed by atoms with E-state index in [0.29, 0.717) is 5.76 Å². The van der Waals surface area contributed by atoms with Crippen molar-refractivity contribution in [2.24, 2.45) is 5.10 Å². The molecule has 0 aliphatic carbocycles. The Morgan fingerprint density at radius 2 is 2.00 bits per heavy atom. The molecule has 0 bridgehead atoms. The van der Waals surface area contributed by atoms with Crippen molar-refractivity contribution in [1.29, 1.82) is 0 Å². The number of benzene rings is 1. The van der Waals surface area contributed by atoms with Crippen LogP contribution in [0.5, 0.6) is 0 Å². The summed E-state index contributed by atoms with van der Waals surface area (Å²) in [6.07, 6.45) is 1.59. The second-order valence-corrected chi connectivity index (χ2v) is 3.29. The maximum atomic E-state index is 12.6. The van der Waals surface area contributed by atoms with E-state index in [-0.39, 0.29) is 5.82 Å². The first-order chi connectivity index (χ1) is 7.75. The summed E-state index contributed by atoms with van der Waals surface area (Å²) in [6, 6.07) is 9.61. The molecule has 0 amide bonds. The fourth-order valence-corrected chi connectivity index (χ4v) is 1.21. The van der Waals surface area contributed by atoms with Crippen LogP contribution in [0.1, 0.15) is 12.7 Å². The lowest BCUT2D eigenvalue weighted by atomic mass is 10.3. The zero-order valence-corrected chi connectivity index (χ0v) is 8.77. The fraction of sp³-hybridized carbons (Fsp3) is 0.0833. The van der Waals surface area contributed by atoms with E-state index in [2.05, 4.69) is 10.5 Å². The van der Waals surface area contributed by atoms with Crippen LogP contribution in [0.2, 0.25) is 0 Å². The smallest absolute Gasteiger partial charge is 0.149 e. The SMILES string of the molecule is C/C(=N/Nc1ccc(F)cc1)c1ccco1. The minimum absolute atomic E-state index is 0.266. The van der Waals surface area contributed by atoms with Crippen molar-refractivity contribution in [2.75, 3.05) is 5.43 Å². The molecule has 0 atom stereocenters. The number of halogens is 1. The Morgan fingerprint density at radius 3 is 2.62 bits per heavy atom. The van der Waals surface area contributed by atoms with Crippen molar-refractivity contribution in [3.05, 3.63) is 54.2 Å². The van der Waals surface area contributed by atoms with Crippen molar-refractivity contribution in [3.8, 4) is 0 Å². The lowest BCUT2D eigenvalue weighted by Gasteiger charge is -2.01. The first-order valence-electron chi connectivity index (χ1n) is 4.85. The van der Waals surface area contributed by atoms with Crippen LogP contribution in [-0.4, -0.2) is 5.71 Å². The van der Waals surface area contributed by atoms with Crippen molar-refractivity contribution in [1.82, 2.24) is 0 Å². The molecule has 82 valence electrons. The average Bonchev–Trinajstić information content (AvgIpc) is 2.81. The van der Waals surface area contributed by atoms with E-state index in [1.165, 1.54) is 12.1 Å². The third kappa shape index (κ3) is 2.48. The second kappa shape index (κ2) is 4.61. The molecule has 0 fully saturated rings. The molecule has 0 aliphatic heterocycles. The number of furan rings is 1. The molecule has 0 unspecified atom stereocenters. The van der Waals surface area contributed by atoms with Crippen LogP contribution in [0.15, 0.2) is 52.2 Å². The van der Waals surface area contributed by atoms with Gasteiger partial charge in [-0.3, -0.25) is 5.43 Å². The summed E-state index contributed by atoms with van der Waals surface area (Å²) in [5.41, 5.74) is 4.28. The third-order valence-corrected chi connectivity index (χ3v) is 2.07. The highest BCUT2D eigenvalue weighted by molar-refractivity contribution is 5.96. The van der Waals surface area contributed by atoms with E-state index in [9.17, 15) is 4.39 Å². The van der Waals surface area contributed by atoms with Crippen molar-refractivity contribution < 1.29 is 8.81 Å². The van der Waals surface area contributed by atoms with Gasteiger partial charge >= 0.3 is 0 Å². The maximum Gasteiger partial charge on any atom is 0.149 e. The number of anilines is 1. The summed E-state index contributed by atoms with van der Waals surface area (Å²) in [4.78, 5) is 0. The Balaban J connectivity index is 2.06. The predicted molar refractivity (Wildman–Crippen MR) is 60.9 cm³/mol. The minimum atomic E-state index is -0.266. The lowest BCUT2D eigenvalue weighted by Crippen LogP contribution is -1.97. The van der Waals surface area contributed by atoms with E-state index in [1.807, 2.05) is 13.0 Å². The fourth-order valence-electron chi connectivity index (χ4n) is 1.21. The first kappa shape index (κ1) is 10.4. The molecule has 1 aromatic heterocycles. The van der Waals surface area contributed by atoms with E-state index in [1.54, 1.807) is 24.5 Å². The van der Waals surface area contributed by atoms with Gasteiger partial charge in [0.25, 0.3) is 0 Å². The van der Waals surface area contributed by atoms with Gasteiger partial charge in [-0.05, 0) is 43.3 Å². The molecule has 0 radical (unpaired) electrons. The van der Waals surface area contributed by atoms with Gasteiger partial charge in [0.2, 0.25) is 0 Å². The summed E-state index contributed by atoms with van der Waals surface area (Å²) in [7, 11) is 0. The van der Waals surface area contributed by atoms with Crippen LogP contribution in [0.4, 0.5) is 10.1 Å². The van der Waals surface area contributed by atoms with Crippen LogP contribution < -0.4 is 5.43 Å². The second-order valence-electron chi connectivity index (χ2n) is 3.29. The Morgan fingerprint density at radius 1 is 1.25 bits per heavy atom. The molecule has 0 saturated heterocycles. The Bertz CT molecular complexity index is 474. The lowest BCUT2D eigenvalue weighted by molar-refractivity contribution is 0.557. The van der Waals surface area contributed by atoms with Gasteiger partial charge in [-0.1, -0.05) is 0 Å². The molecule has 0 spiro atoms. The van der Waals surface area contributed by atoms with E-state index < -0.39 is 0 Å². The van der Waals surface area contributed by atoms with E-state index >= 15 is 0 Å². The highest BCUT2D eigenvalue weighted by atomic mass is 19.1. The van der Waals surface area contributed by atoms with Crippen molar-refractivity contribution in [3.63, 3.8) is 0 Å². The van der Waals surface area contributed by atoms with Gasteiger partial charge in [0.05, 0.1) is 12.0 Å². The molecule has 2 aromatic rings. The van der Waals surface area contributed by atoms with Gasteiger partial charge in [-0.15, -0.1) is 0 Å². The molecule has 3 nitrogen and oxygen atoms in total. The monoisotopic (exact) mass is 218 g/mol. The number of hydrazone groups is 1. The van der Waals surface area contributed by atoms with E-state index in [0.717, 1.165) is 11.4 Å². The standard InChI is InChI=1S/C12H11FN2O/c1-9(12-3-2-8-16-12)14-15-11-6-4-10(13)5-7-11/h2-8,15H,1H3/b14-9-. The van der Waals surface area contributed by atoms with Crippen molar-refractivity contribution >= 4 is 11.4 Å². The number of rotatable bonds is 3. The minimum Gasteiger partial charge on any atom is -0.463 e. The zero-order valence-electron chi connectivity index (χ0n) is 8.77. The molecule has 4 heteroatoms.